The molecule has 0 saturated heterocycles. The van der Waals surface area contributed by atoms with E-state index in [0.717, 1.165) is 0 Å². The third-order valence-corrected chi connectivity index (χ3v) is 2.27. The van der Waals surface area contributed by atoms with Gasteiger partial charge in [0.25, 0.3) is 5.56 Å². The number of hydrogen-bond donors (Lipinski definition) is 2. The normalized spacial score (nSPS) is 10.1. The first-order valence-electron chi connectivity index (χ1n) is 5.17. The van der Waals surface area contributed by atoms with Crippen molar-refractivity contribution in [3.05, 3.63) is 32.6 Å². The highest BCUT2D eigenvalue weighted by Gasteiger charge is 2.11. The summed E-state index contributed by atoms with van der Waals surface area (Å²) in [5.74, 6) is -0.105. The van der Waals surface area contributed by atoms with Crippen LogP contribution in [-0.4, -0.2) is 33.9 Å². The van der Waals surface area contributed by atoms with Gasteiger partial charge in [0.15, 0.2) is 0 Å². The zero-order valence-corrected chi connectivity index (χ0v) is 9.37. The Hall–Kier alpha value is -1.85. The van der Waals surface area contributed by atoms with Crippen molar-refractivity contribution in [3.8, 4) is 0 Å². The molecule has 0 atom stereocenters. The summed E-state index contributed by atoms with van der Waals surface area (Å²) in [5, 5.41) is 0. The molecule has 0 bridgehead atoms. The fraction of sp³-hybridized carbons (Fsp3) is 0.500. The molecule has 1 aromatic rings. The third kappa shape index (κ3) is 3.08. The highest BCUT2D eigenvalue weighted by Crippen LogP contribution is 1.96. The maximum atomic E-state index is 11.7. The van der Waals surface area contributed by atoms with E-state index in [-0.39, 0.29) is 12.3 Å². The number of amides is 1. The molecule has 1 heterocycles. The van der Waals surface area contributed by atoms with Crippen molar-refractivity contribution >= 4 is 5.91 Å². The summed E-state index contributed by atoms with van der Waals surface area (Å²) in [4.78, 5) is 39.8. The minimum atomic E-state index is -0.588. The van der Waals surface area contributed by atoms with Crippen molar-refractivity contribution < 1.29 is 4.79 Å². The van der Waals surface area contributed by atoms with Crippen LogP contribution >= 0.6 is 0 Å². The molecule has 6 nitrogen and oxygen atoms in total. The van der Waals surface area contributed by atoms with Gasteiger partial charge in [-0.1, -0.05) is 0 Å². The number of nitrogens with zero attached hydrogens (tertiary/aromatic N) is 1. The van der Waals surface area contributed by atoms with Crippen LogP contribution < -0.4 is 11.2 Å². The number of nitrogens with one attached hydrogen (secondary N) is 2. The second-order valence-electron chi connectivity index (χ2n) is 3.36. The second-order valence-corrected chi connectivity index (χ2v) is 3.36. The standard InChI is InChI=1S/C10H15N3O3/c1-3-13(4-2)9(15)6-7-5-8(14)12-10(16)11-7/h5H,3-4,6H2,1-2H3,(H2,11,12,14,16). The Morgan fingerprint density at radius 1 is 1.25 bits per heavy atom. The Morgan fingerprint density at radius 2 is 1.88 bits per heavy atom. The van der Waals surface area contributed by atoms with E-state index in [2.05, 4.69) is 4.98 Å². The summed E-state index contributed by atoms with van der Waals surface area (Å²) >= 11 is 0. The minimum absolute atomic E-state index is 0.0425. The van der Waals surface area contributed by atoms with Crippen LogP contribution in [0.15, 0.2) is 15.7 Å². The molecule has 0 radical (unpaired) electrons. The lowest BCUT2D eigenvalue weighted by Crippen LogP contribution is -2.33. The summed E-state index contributed by atoms with van der Waals surface area (Å²) in [7, 11) is 0. The van der Waals surface area contributed by atoms with Gasteiger partial charge in [-0.25, -0.2) is 4.79 Å². The second kappa shape index (κ2) is 5.29. The summed E-state index contributed by atoms with van der Waals surface area (Å²) in [6, 6.07) is 1.22. The Morgan fingerprint density at radius 3 is 2.38 bits per heavy atom. The average Bonchev–Trinajstić information content (AvgIpc) is 2.17. The maximum absolute atomic E-state index is 11.7. The fourth-order valence-electron chi connectivity index (χ4n) is 1.47. The number of aromatic amines is 2. The molecular weight excluding hydrogens is 210 g/mol. The Bertz CT molecular complexity index is 442. The topological polar surface area (TPSA) is 86.0 Å². The Kier molecular flexibility index (Phi) is 4.04. The number of carbonyl (C=O) groups is 1. The van der Waals surface area contributed by atoms with E-state index in [4.69, 9.17) is 0 Å². The largest absolute Gasteiger partial charge is 0.343 e. The molecule has 1 aromatic heterocycles. The van der Waals surface area contributed by atoms with Crippen LogP contribution in [0.25, 0.3) is 0 Å². The van der Waals surface area contributed by atoms with Gasteiger partial charge in [-0.2, -0.15) is 0 Å². The maximum Gasteiger partial charge on any atom is 0.325 e. The van der Waals surface area contributed by atoms with Gasteiger partial charge in [-0.3, -0.25) is 14.6 Å². The van der Waals surface area contributed by atoms with Crippen molar-refractivity contribution in [2.24, 2.45) is 0 Å². The van der Waals surface area contributed by atoms with Crippen LogP contribution in [0.1, 0.15) is 19.5 Å². The van der Waals surface area contributed by atoms with Crippen molar-refractivity contribution in [2.75, 3.05) is 13.1 Å². The lowest BCUT2D eigenvalue weighted by atomic mass is 10.2. The van der Waals surface area contributed by atoms with Crippen molar-refractivity contribution in [2.45, 2.75) is 20.3 Å². The van der Waals surface area contributed by atoms with E-state index in [1.807, 2.05) is 18.8 Å². The fourth-order valence-corrected chi connectivity index (χ4v) is 1.47. The van der Waals surface area contributed by atoms with Gasteiger partial charge in [0.2, 0.25) is 5.91 Å². The highest BCUT2D eigenvalue weighted by atomic mass is 16.2. The molecule has 0 aliphatic carbocycles. The lowest BCUT2D eigenvalue weighted by Gasteiger charge is -2.18. The molecule has 6 heteroatoms. The molecule has 0 aliphatic heterocycles. The number of likely N-dealkylation sites (N-methyl/N-ethyl adjacent to an activating group) is 1. The number of rotatable bonds is 4. The molecule has 1 rings (SSSR count). The first kappa shape index (κ1) is 12.2. The molecule has 0 aliphatic rings. The van der Waals surface area contributed by atoms with Gasteiger partial charge < -0.3 is 9.88 Å². The summed E-state index contributed by atoms with van der Waals surface area (Å²) in [5.41, 5.74) is -0.744. The predicted molar refractivity (Wildman–Crippen MR) is 59.3 cm³/mol. The first-order valence-corrected chi connectivity index (χ1v) is 5.17. The highest BCUT2D eigenvalue weighted by molar-refractivity contribution is 5.78. The quantitative estimate of drug-likeness (QED) is 0.722. The lowest BCUT2D eigenvalue weighted by molar-refractivity contribution is -0.130. The van der Waals surface area contributed by atoms with Crippen LogP contribution in [0.4, 0.5) is 0 Å². The van der Waals surface area contributed by atoms with Gasteiger partial charge in [0.05, 0.1) is 6.42 Å². The van der Waals surface area contributed by atoms with Gasteiger partial charge in [0, 0.05) is 24.8 Å². The van der Waals surface area contributed by atoms with Crippen LogP contribution in [0.3, 0.4) is 0 Å². The number of carbonyl (C=O) groups excluding carboxylic acids is 1. The molecule has 0 saturated carbocycles. The van der Waals surface area contributed by atoms with E-state index in [1.165, 1.54) is 6.07 Å². The molecule has 0 spiro atoms. The smallest absolute Gasteiger partial charge is 0.325 e. The molecule has 1 amide bonds. The SMILES string of the molecule is CCN(CC)C(=O)Cc1cc(=O)[nH]c(=O)[nH]1. The van der Waals surface area contributed by atoms with Crippen LogP contribution in [0.2, 0.25) is 0 Å². The number of aromatic nitrogens is 2. The summed E-state index contributed by atoms with van der Waals surface area (Å²) in [6.45, 7) is 4.98. The van der Waals surface area contributed by atoms with E-state index in [9.17, 15) is 14.4 Å². The minimum Gasteiger partial charge on any atom is -0.343 e. The Labute approximate surface area is 92.3 Å². The van der Waals surface area contributed by atoms with Crippen LogP contribution in [-0.2, 0) is 11.2 Å². The number of hydrogen-bond acceptors (Lipinski definition) is 3. The first-order chi connectivity index (χ1) is 7.56. The van der Waals surface area contributed by atoms with Crippen molar-refractivity contribution in [1.82, 2.24) is 14.9 Å². The van der Waals surface area contributed by atoms with E-state index in [0.29, 0.717) is 18.8 Å². The molecule has 88 valence electrons. The van der Waals surface area contributed by atoms with Gasteiger partial charge in [-0.15, -0.1) is 0 Å². The molecule has 0 fully saturated rings. The predicted octanol–water partition coefficient (Wildman–Crippen LogP) is -0.526. The molecule has 16 heavy (non-hydrogen) atoms. The number of H-pyrrole nitrogens is 2. The van der Waals surface area contributed by atoms with E-state index < -0.39 is 11.2 Å². The molecular formula is C10H15N3O3. The summed E-state index contributed by atoms with van der Waals surface area (Å²) in [6.07, 6.45) is 0.0425. The zero-order chi connectivity index (χ0) is 12.1. The van der Waals surface area contributed by atoms with E-state index in [1.54, 1.807) is 4.90 Å². The van der Waals surface area contributed by atoms with Gasteiger partial charge in [-0.05, 0) is 13.8 Å². The monoisotopic (exact) mass is 225 g/mol. The van der Waals surface area contributed by atoms with Gasteiger partial charge in [0.1, 0.15) is 0 Å². The molecule has 0 unspecified atom stereocenters. The van der Waals surface area contributed by atoms with E-state index >= 15 is 0 Å². The van der Waals surface area contributed by atoms with Crippen LogP contribution in [0.5, 0.6) is 0 Å². The van der Waals surface area contributed by atoms with Crippen molar-refractivity contribution in [3.63, 3.8) is 0 Å². The third-order valence-electron chi connectivity index (χ3n) is 2.27. The zero-order valence-electron chi connectivity index (χ0n) is 9.37. The van der Waals surface area contributed by atoms with Crippen molar-refractivity contribution in [1.29, 1.82) is 0 Å². The summed E-state index contributed by atoms with van der Waals surface area (Å²) < 4.78 is 0. The van der Waals surface area contributed by atoms with Gasteiger partial charge >= 0.3 is 5.69 Å². The molecule has 0 aromatic carbocycles. The average molecular weight is 225 g/mol. The Balaban J connectivity index is 2.84. The van der Waals surface area contributed by atoms with Crippen LogP contribution in [0, 0.1) is 0 Å². The molecule has 2 N–H and O–H groups in total.